The predicted octanol–water partition coefficient (Wildman–Crippen LogP) is 3.89. The van der Waals surface area contributed by atoms with E-state index in [0.29, 0.717) is 5.69 Å². The van der Waals surface area contributed by atoms with Gasteiger partial charge in [-0.25, -0.2) is 0 Å². The Hall–Kier alpha value is -2.98. The van der Waals surface area contributed by atoms with Crippen LogP contribution >= 0.6 is 0 Å². The molecular weight excluding hydrogens is 394 g/mol. The highest BCUT2D eigenvalue weighted by molar-refractivity contribution is 5.97. The summed E-state index contributed by atoms with van der Waals surface area (Å²) in [7, 11) is 0. The van der Waals surface area contributed by atoms with E-state index in [9.17, 15) is 31.1 Å². The van der Waals surface area contributed by atoms with Gasteiger partial charge in [-0.2, -0.15) is 26.3 Å². The number of rotatable bonds is 7. The second-order valence-corrected chi connectivity index (χ2v) is 5.44. The molecule has 0 aliphatic carbocycles. The van der Waals surface area contributed by atoms with E-state index in [0.717, 1.165) is 12.1 Å². The first-order valence-electron chi connectivity index (χ1n) is 7.75. The number of aromatic nitrogens is 1. The van der Waals surface area contributed by atoms with Crippen molar-refractivity contribution in [2.24, 2.45) is 0 Å². The molecule has 2 aromatic rings. The number of amides is 1. The molecule has 152 valence electrons. The molecule has 28 heavy (non-hydrogen) atoms. The SMILES string of the molecule is O=C(NCc1ccccn1)c1cccc(OCC(F)(F)F)c1OCC(F)(F)F. The van der Waals surface area contributed by atoms with Crippen molar-refractivity contribution < 1.29 is 40.6 Å². The maximum absolute atomic E-state index is 12.5. The number of carbonyl (C=O) groups excluding carboxylic acids is 1. The lowest BCUT2D eigenvalue weighted by Gasteiger charge is -2.18. The summed E-state index contributed by atoms with van der Waals surface area (Å²) in [6.07, 6.45) is -8.01. The molecule has 5 nitrogen and oxygen atoms in total. The van der Waals surface area contributed by atoms with E-state index in [1.807, 2.05) is 0 Å². The minimum Gasteiger partial charge on any atom is -0.480 e. The smallest absolute Gasteiger partial charge is 0.422 e. The van der Waals surface area contributed by atoms with Gasteiger partial charge in [0, 0.05) is 6.20 Å². The van der Waals surface area contributed by atoms with Gasteiger partial charge in [0.15, 0.2) is 24.7 Å². The van der Waals surface area contributed by atoms with E-state index in [4.69, 9.17) is 0 Å². The standard InChI is InChI=1S/C17H14F6N2O3/c18-16(19,20)9-27-13-6-3-5-12(14(13)28-10-17(21,22)23)15(26)25-8-11-4-1-2-7-24-11/h1-7H,8-10H2,(H,25,26). The Kier molecular flexibility index (Phi) is 6.71. The van der Waals surface area contributed by atoms with Gasteiger partial charge in [0.2, 0.25) is 0 Å². The Morgan fingerprint density at radius 1 is 0.929 bits per heavy atom. The maximum Gasteiger partial charge on any atom is 0.422 e. The fraction of sp³-hybridized carbons (Fsp3) is 0.294. The lowest BCUT2D eigenvalue weighted by Crippen LogP contribution is -2.26. The average Bonchev–Trinajstić information content (AvgIpc) is 2.62. The molecule has 1 N–H and O–H groups in total. The van der Waals surface area contributed by atoms with Crippen molar-refractivity contribution in [2.75, 3.05) is 13.2 Å². The van der Waals surface area contributed by atoms with Crippen molar-refractivity contribution >= 4 is 5.91 Å². The van der Waals surface area contributed by atoms with Crippen molar-refractivity contribution in [1.82, 2.24) is 10.3 Å². The predicted molar refractivity (Wildman–Crippen MR) is 84.9 cm³/mol. The molecule has 1 amide bonds. The van der Waals surface area contributed by atoms with Crippen LogP contribution < -0.4 is 14.8 Å². The lowest BCUT2D eigenvalue weighted by atomic mass is 10.1. The van der Waals surface area contributed by atoms with E-state index in [1.54, 1.807) is 18.2 Å². The maximum atomic E-state index is 12.5. The Bertz CT molecular complexity index is 794. The zero-order chi connectivity index (χ0) is 20.8. The van der Waals surface area contributed by atoms with Crippen LogP contribution in [0.25, 0.3) is 0 Å². The Balaban J connectivity index is 2.23. The molecule has 0 atom stereocenters. The molecule has 11 heteroatoms. The van der Waals surface area contributed by atoms with Gasteiger partial charge in [0.05, 0.1) is 17.8 Å². The van der Waals surface area contributed by atoms with E-state index in [1.165, 1.54) is 12.3 Å². The molecule has 0 aliphatic rings. The van der Waals surface area contributed by atoms with Crippen molar-refractivity contribution in [1.29, 1.82) is 0 Å². The van der Waals surface area contributed by atoms with Crippen molar-refractivity contribution in [2.45, 2.75) is 18.9 Å². The number of nitrogens with one attached hydrogen (secondary N) is 1. The fourth-order valence-electron chi connectivity index (χ4n) is 2.04. The Morgan fingerprint density at radius 2 is 1.61 bits per heavy atom. The van der Waals surface area contributed by atoms with Gasteiger partial charge in [-0.1, -0.05) is 12.1 Å². The van der Waals surface area contributed by atoms with Crippen molar-refractivity contribution in [3.8, 4) is 11.5 Å². The molecule has 1 aromatic carbocycles. The van der Waals surface area contributed by atoms with Gasteiger partial charge in [-0.05, 0) is 24.3 Å². The lowest BCUT2D eigenvalue weighted by molar-refractivity contribution is -0.158. The highest BCUT2D eigenvalue weighted by atomic mass is 19.4. The van der Waals surface area contributed by atoms with E-state index in [-0.39, 0.29) is 6.54 Å². The van der Waals surface area contributed by atoms with Gasteiger partial charge in [0.1, 0.15) is 0 Å². The van der Waals surface area contributed by atoms with Gasteiger partial charge in [-0.15, -0.1) is 0 Å². The number of alkyl halides is 6. The summed E-state index contributed by atoms with van der Waals surface area (Å²) >= 11 is 0. The summed E-state index contributed by atoms with van der Waals surface area (Å²) in [5, 5.41) is 2.41. The fourth-order valence-corrected chi connectivity index (χ4v) is 2.04. The molecule has 0 unspecified atom stereocenters. The number of hydrogen-bond donors (Lipinski definition) is 1. The second kappa shape index (κ2) is 8.81. The first-order valence-corrected chi connectivity index (χ1v) is 7.75. The number of nitrogens with zero attached hydrogens (tertiary/aromatic N) is 1. The van der Waals surface area contributed by atoms with Crippen LogP contribution in [0.2, 0.25) is 0 Å². The molecule has 0 fully saturated rings. The molecular formula is C17H14F6N2O3. The number of hydrogen-bond acceptors (Lipinski definition) is 4. The number of para-hydroxylation sites is 1. The third kappa shape index (κ3) is 6.97. The van der Waals surface area contributed by atoms with Crippen LogP contribution in [0.4, 0.5) is 26.3 Å². The summed E-state index contributed by atoms with van der Waals surface area (Å²) in [6.45, 7) is -3.61. The van der Waals surface area contributed by atoms with Crippen LogP contribution in [0.1, 0.15) is 16.1 Å². The second-order valence-electron chi connectivity index (χ2n) is 5.44. The minimum atomic E-state index is -4.77. The van der Waals surface area contributed by atoms with Crippen LogP contribution in [0.15, 0.2) is 42.6 Å². The Labute approximate surface area is 155 Å². The number of benzene rings is 1. The van der Waals surface area contributed by atoms with Crippen LogP contribution in [-0.4, -0.2) is 36.5 Å². The molecule has 0 radical (unpaired) electrons. The molecule has 1 aromatic heterocycles. The van der Waals surface area contributed by atoms with Crippen LogP contribution in [0.3, 0.4) is 0 Å². The summed E-state index contributed by atoms with van der Waals surface area (Å²) in [6, 6.07) is 8.17. The summed E-state index contributed by atoms with van der Waals surface area (Å²) in [5.74, 6) is -2.23. The highest BCUT2D eigenvalue weighted by Crippen LogP contribution is 2.34. The number of ether oxygens (including phenoxy) is 2. The quantitative estimate of drug-likeness (QED) is 0.707. The van der Waals surface area contributed by atoms with Crippen molar-refractivity contribution in [3.05, 3.63) is 53.9 Å². The molecule has 1 heterocycles. The minimum absolute atomic E-state index is 0.0496. The van der Waals surface area contributed by atoms with E-state index in [2.05, 4.69) is 19.8 Å². The van der Waals surface area contributed by atoms with Crippen LogP contribution in [-0.2, 0) is 6.54 Å². The molecule has 0 saturated heterocycles. The number of pyridine rings is 1. The zero-order valence-corrected chi connectivity index (χ0v) is 14.1. The largest absolute Gasteiger partial charge is 0.480 e. The van der Waals surface area contributed by atoms with Gasteiger partial charge >= 0.3 is 12.4 Å². The Morgan fingerprint density at radius 3 is 2.21 bits per heavy atom. The molecule has 0 bridgehead atoms. The topological polar surface area (TPSA) is 60.5 Å². The van der Waals surface area contributed by atoms with Gasteiger partial charge in [-0.3, -0.25) is 9.78 Å². The third-order valence-corrected chi connectivity index (χ3v) is 3.15. The monoisotopic (exact) mass is 408 g/mol. The van der Waals surface area contributed by atoms with E-state index >= 15 is 0 Å². The summed E-state index contributed by atoms with van der Waals surface area (Å²) < 4.78 is 83.7. The zero-order valence-electron chi connectivity index (χ0n) is 14.1. The average molecular weight is 408 g/mol. The normalized spacial score (nSPS) is 11.8. The van der Waals surface area contributed by atoms with Crippen LogP contribution in [0, 0.1) is 0 Å². The molecule has 2 rings (SSSR count). The number of halogens is 6. The summed E-state index contributed by atoms with van der Waals surface area (Å²) in [4.78, 5) is 16.3. The van der Waals surface area contributed by atoms with Crippen LogP contribution in [0.5, 0.6) is 11.5 Å². The molecule has 0 spiro atoms. The molecule has 0 saturated carbocycles. The van der Waals surface area contributed by atoms with Crippen molar-refractivity contribution in [3.63, 3.8) is 0 Å². The third-order valence-electron chi connectivity index (χ3n) is 3.15. The van der Waals surface area contributed by atoms with E-state index < -0.39 is 48.5 Å². The van der Waals surface area contributed by atoms with Gasteiger partial charge < -0.3 is 14.8 Å². The number of carbonyl (C=O) groups is 1. The van der Waals surface area contributed by atoms with Gasteiger partial charge in [0.25, 0.3) is 5.91 Å². The highest BCUT2D eigenvalue weighted by Gasteiger charge is 2.32. The molecule has 0 aliphatic heterocycles. The first kappa shape index (κ1) is 21.3. The first-order chi connectivity index (χ1) is 13.1. The summed E-state index contributed by atoms with van der Waals surface area (Å²) in [5.41, 5.74) is 0.0675.